The Balaban J connectivity index is 1.59. The monoisotopic (exact) mass is 431 g/mol. The summed E-state index contributed by atoms with van der Waals surface area (Å²) in [5.41, 5.74) is 1.51. The zero-order valence-electron chi connectivity index (χ0n) is 17.9. The first kappa shape index (κ1) is 22.4. The molecule has 3 rings (SSSR count). The van der Waals surface area contributed by atoms with Crippen molar-refractivity contribution in [3.05, 3.63) is 40.7 Å². The van der Waals surface area contributed by atoms with Gasteiger partial charge in [0.2, 0.25) is 5.91 Å². The van der Waals surface area contributed by atoms with Gasteiger partial charge in [0.1, 0.15) is 15.7 Å². The molecule has 5 nitrogen and oxygen atoms in total. The summed E-state index contributed by atoms with van der Waals surface area (Å²) in [5, 5.41) is 3.75. The van der Waals surface area contributed by atoms with Gasteiger partial charge in [0.05, 0.1) is 5.69 Å². The third kappa shape index (κ3) is 5.25. The Morgan fingerprint density at radius 3 is 2.57 bits per heavy atom. The summed E-state index contributed by atoms with van der Waals surface area (Å²) in [7, 11) is 0. The molecule has 0 radical (unpaired) electrons. The van der Waals surface area contributed by atoms with Gasteiger partial charge in [0, 0.05) is 31.1 Å². The largest absolute Gasteiger partial charge is 0.356 e. The first-order chi connectivity index (χ1) is 14.4. The van der Waals surface area contributed by atoms with Crippen molar-refractivity contribution in [3.63, 3.8) is 0 Å². The highest BCUT2D eigenvalue weighted by Gasteiger charge is 2.31. The van der Waals surface area contributed by atoms with Crippen LogP contribution in [-0.4, -0.2) is 41.3 Å². The molecule has 2 aromatic rings. The van der Waals surface area contributed by atoms with Crippen LogP contribution in [0.5, 0.6) is 0 Å². The minimum Gasteiger partial charge on any atom is -0.356 e. The lowest BCUT2D eigenvalue weighted by Crippen LogP contribution is -2.42. The second-order valence-corrected chi connectivity index (χ2v) is 9.00. The van der Waals surface area contributed by atoms with Crippen LogP contribution in [0.2, 0.25) is 0 Å². The topological polar surface area (TPSA) is 62.3 Å². The lowest BCUT2D eigenvalue weighted by atomic mass is 9.84. The Labute approximate surface area is 181 Å². The zero-order valence-corrected chi connectivity index (χ0v) is 18.7. The van der Waals surface area contributed by atoms with Gasteiger partial charge in [0.15, 0.2) is 0 Å². The molecule has 1 atom stereocenters. The van der Waals surface area contributed by atoms with Gasteiger partial charge in [0.25, 0.3) is 5.91 Å². The maximum atomic E-state index is 13.2. The van der Waals surface area contributed by atoms with E-state index in [1.807, 2.05) is 18.7 Å². The van der Waals surface area contributed by atoms with Crippen molar-refractivity contribution in [2.45, 2.75) is 46.5 Å². The van der Waals surface area contributed by atoms with Crippen molar-refractivity contribution in [1.82, 2.24) is 15.2 Å². The lowest BCUT2D eigenvalue weighted by Gasteiger charge is -2.34. The predicted octanol–water partition coefficient (Wildman–Crippen LogP) is 4.66. The van der Waals surface area contributed by atoms with E-state index in [1.54, 1.807) is 12.1 Å². The highest BCUT2D eigenvalue weighted by atomic mass is 32.1. The minimum absolute atomic E-state index is 0.00291. The average molecular weight is 432 g/mol. The third-order valence-corrected chi connectivity index (χ3v) is 7.05. The summed E-state index contributed by atoms with van der Waals surface area (Å²) in [6.07, 6.45) is 3.72. The van der Waals surface area contributed by atoms with Crippen molar-refractivity contribution >= 4 is 23.2 Å². The Bertz CT molecular complexity index is 873. The maximum absolute atomic E-state index is 13.2. The number of unbranched alkanes of at least 4 members (excludes halogenated alkanes) is 1. The molecule has 1 aromatic carbocycles. The summed E-state index contributed by atoms with van der Waals surface area (Å²) in [5.74, 6) is 0.0918. The summed E-state index contributed by atoms with van der Waals surface area (Å²) < 4.78 is 13.2. The van der Waals surface area contributed by atoms with Gasteiger partial charge in [-0.15, -0.1) is 11.3 Å². The number of rotatable bonds is 7. The number of aryl methyl sites for hydroxylation is 1. The first-order valence-corrected chi connectivity index (χ1v) is 11.5. The number of piperidine rings is 1. The lowest BCUT2D eigenvalue weighted by molar-refractivity contribution is -0.126. The smallest absolute Gasteiger partial charge is 0.265 e. The van der Waals surface area contributed by atoms with Crippen LogP contribution < -0.4 is 5.32 Å². The molecular weight excluding hydrogens is 401 g/mol. The molecule has 1 saturated heterocycles. The summed E-state index contributed by atoms with van der Waals surface area (Å²) in [4.78, 5) is 32.4. The fourth-order valence-electron chi connectivity index (χ4n) is 3.82. The van der Waals surface area contributed by atoms with E-state index in [1.165, 1.54) is 23.5 Å². The maximum Gasteiger partial charge on any atom is 0.265 e. The van der Waals surface area contributed by atoms with Crippen LogP contribution in [0.3, 0.4) is 0 Å². The van der Waals surface area contributed by atoms with E-state index in [9.17, 15) is 14.0 Å². The molecule has 1 aliphatic heterocycles. The molecule has 1 aliphatic rings. The van der Waals surface area contributed by atoms with Gasteiger partial charge in [-0.25, -0.2) is 9.37 Å². The fourth-order valence-corrected chi connectivity index (χ4v) is 4.86. The van der Waals surface area contributed by atoms with Crippen LogP contribution in [0.25, 0.3) is 10.6 Å². The molecule has 162 valence electrons. The summed E-state index contributed by atoms with van der Waals surface area (Å²) in [6, 6.07) is 6.16. The van der Waals surface area contributed by atoms with Gasteiger partial charge in [-0.3, -0.25) is 9.59 Å². The van der Waals surface area contributed by atoms with E-state index < -0.39 is 0 Å². The van der Waals surface area contributed by atoms with Gasteiger partial charge >= 0.3 is 0 Å². The van der Waals surface area contributed by atoms with Gasteiger partial charge in [-0.2, -0.15) is 0 Å². The summed E-state index contributed by atoms with van der Waals surface area (Å²) in [6.45, 7) is 7.98. The van der Waals surface area contributed by atoms with Gasteiger partial charge in [-0.05, 0) is 56.4 Å². The molecule has 1 fully saturated rings. The van der Waals surface area contributed by atoms with E-state index in [-0.39, 0.29) is 23.5 Å². The van der Waals surface area contributed by atoms with Gasteiger partial charge < -0.3 is 10.2 Å². The number of hydrogen-bond acceptors (Lipinski definition) is 4. The molecule has 1 aromatic heterocycles. The predicted molar refractivity (Wildman–Crippen MR) is 118 cm³/mol. The molecule has 0 spiro atoms. The average Bonchev–Trinajstić information content (AvgIpc) is 3.15. The Morgan fingerprint density at radius 2 is 1.93 bits per heavy atom. The number of aromatic nitrogens is 1. The normalized spacial score (nSPS) is 15.8. The number of carbonyl (C=O) groups is 2. The second kappa shape index (κ2) is 10.2. The van der Waals surface area contributed by atoms with Crippen LogP contribution in [0, 0.1) is 24.6 Å². The summed E-state index contributed by atoms with van der Waals surface area (Å²) >= 11 is 1.35. The molecular formula is C23H30FN3O2S. The SMILES string of the molecule is CCCCNC(=O)[C@@H](C)C1CCN(C(=O)c2sc(-c3ccc(F)cc3)nc2C)CC1. The molecule has 30 heavy (non-hydrogen) atoms. The third-order valence-electron chi connectivity index (χ3n) is 5.86. The van der Waals surface area contributed by atoms with Crippen LogP contribution >= 0.6 is 11.3 Å². The molecule has 0 unspecified atom stereocenters. The Kier molecular flexibility index (Phi) is 7.58. The standard InChI is InChI=1S/C23H30FN3O2S/c1-4-5-12-25-21(28)15(2)17-10-13-27(14-11-17)23(29)20-16(3)26-22(30-20)18-6-8-19(24)9-7-18/h6-9,15,17H,4-5,10-14H2,1-3H3,(H,25,28)/t15-/m0/s1. The molecule has 0 aliphatic carbocycles. The first-order valence-electron chi connectivity index (χ1n) is 10.7. The van der Waals surface area contributed by atoms with Crippen molar-refractivity contribution < 1.29 is 14.0 Å². The number of likely N-dealkylation sites (tertiary alicyclic amines) is 1. The molecule has 0 bridgehead atoms. The number of nitrogens with one attached hydrogen (secondary N) is 1. The molecule has 1 N–H and O–H groups in total. The van der Waals surface area contributed by atoms with Crippen LogP contribution in [0.1, 0.15) is 54.9 Å². The number of thiazole rings is 1. The molecule has 2 heterocycles. The van der Waals surface area contributed by atoms with E-state index >= 15 is 0 Å². The number of nitrogens with zero attached hydrogens (tertiary/aromatic N) is 2. The number of hydrogen-bond donors (Lipinski definition) is 1. The van der Waals surface area contributed by atoms with E-state index in [0.29, 0.717) is 29.6 Å². The quantitative estimate of drug-likeness (QED) is 0.649. The van der Waals surface area contributed by atoms with Crippen molar-refractivity contribution in [2.75, 3.05) is 19.6 Å². The molecule has 2 amide bonds. The molecule has 0 saturated carbocycles. The highest BCUT2D eigenvalue weighted by Crippen LogP contribution is 2.31. The van der Waals surface area contributed by atoms with E-state index in [0.717, 1.165) is 42.8 Å². The van der Waals surface area contributed by atoms with Crippen LogP contribution in [0.15, 0.2) is 24.3 Å². The van der Waals surface area contributed by atoms with Crippen molar-refractivity contribution in [1.29, 1.82) is 0 Å². The van der Waals surface area contributed by atoms with Crippen LogP contribution in [-0.2, 0) is 4.79 Å². The fraction of sp³-hybridized carbons (Fsp3) is 0.522. The highest BCUT2D eigenvalue weighted by molar-refractivity contribution is 7.17. The van der Waals surface area contributed by atoms with Crippen molar-refractivity contribution in [2.24, 2.45) is 11.8 Å². The molecule has 7 heteroatoms. The minimum atomic E-state index is -0.292. The van der Waals surface area contributed by atoms with E-state index in [2.05, 4.69) is 17.2 Å². The van der Waals surface area contributed by atoms with Crippen LogP contribution in [0.4, 0.5) is 4.39 Å². The number of halogens is 1. The number of benzene rings is 1. The van der Waals surface area contributed by atoms with E-state index in [4.69, 9.17) is 0 Å². The number of amides is 2. The second-order valence-electron chi connectivity index (χ2n) is 8.00. The number of carbonyl (C=O) groups excluding carboxylic acids is 2. The Morgan fingerprint density at radius 1 is 1.27 bits per heavy atom. The zero-order chi connectivity index (χ0) is 21.7. The Hall–Kier alpha value is -2.28. The van der Waals surface area contributed by atoms with Crippen molar-refractivity contribution in [3.8, 4) is 10.6 Å². The van der Waals surface area contributed by atoms with Gasteiger partial charge in [-0.1, -0.05) is 20.3 Å².